The molecule has 0 radical (unpaired) electrons. The third-order valence-electron chi connectivity index (χ3n) is 1.91. The lowest BCUT2D eigenvalue weighted by Crippen LogP contribution is -2.06. The monoisotopic (exact) mass is 260 g/mol. The normalized spacial score (nSPS) is 11.3. The zero-order valence-corrected chi connectivity index (χ0v) is 10.7. The number of ether oxygens (including phenoxy) is 1. The summed E-state index contributed by atoms with van der Waals surface area (Å²) in [6.07, 6.45) is 0. The molecule has 0 atom stereocenters. The van der Waals surface area contributed by atoms with Gasteiger partial charge in [-0.25, -0.2) is 13.4 Å². The van der Waals surface area contributed by atoms with E-state index in [1.54, 1.807) is 6.92 Å². The molecule has 0 saturated heterocycles. The zero-order chi connectivity index (χ0) is 12.2. The quantitative estimate of drug-likeness (QED) is 0.792. The highest BCUT2D eigenvalue weighted by atomic mass is 32.2. The van der Waals surface area contributed by atoms with Crippen molar-refractivity contribution in [3.05, 3.63) is 15.6 Å². The first-order valence-corrected chi connectivity index (χ1v) is 7.24. The molecule has 0 fully saturated rings. The Morgan fingerprint density at radius 3 is 2.75 bits per heavy atom. The fraction of sp³-hybridized carbons (Fsp3) is 0.556. The van der Waals surface area contributed by atoms with Crippen molar-refractivity contribution < 1.29 is 13.2 Å². The lowest BCUT2D eigenvalue weighted by molar-refractivity contribution is 0.181. The van der Waals surface area contributed by atoms with Gasteiger partial charge in [-0.2, -0.15) is 5.26 Å². The first kappa shape index (κ1) is 13.1. The molecule has 1 aromatic rings. The van der Waals surface area contributed by atoms with Crippen molar-refractivity contribution in [1.29, 1.82) is 5.26 Å². The minimum atomic E-state index is -3.10. The van der Waals surface area contributed by atoms with E-state index in [1.165, 1.54) is 7.11 Å². The van der Waals surface area contributed by atoms with Crippen LogP contribution >= 0.6 is 11.3 Å². The highest BCUT2D eigenvalue weighted by molar-refractivity contribution is 7.90. The van der Waals surface area contributed by atoms with Gasteiger partial charge in [0.25, 0.3) is 0 Å². The van der Waals surface area contributed by atoms with Crippen LogP contribution < -0.4 is 0 Å². The standard InChI is InChI=1S/C9H12N2O3S2/c1-3-16(12,13)6-9-11-7(5-14-2)8(4-10)15-9/h3,5-6H2,1-2H3. The van der Waals surface area contributed by atoms with Crippen LogP contribution in [0.2, 0.25) is 0 Å². The van der Waals surface area contributed by atoms with Crippen LogP contribution in [-0.4, -0.2) is 26.3 Å². The number of nitriles is 1. The third-order valence-corrected chi connectivity index (χ3v) is 4.69. The summed E-state index contributed by atoms with van der Waals surface area (Å²) in [4.78, 5) is 4.52. The van der Waals surface area contributed by atoms with Crippen molar-refractivity contribution >= 4 is 21.2 Å². The zero-order valence-electron chi connectivity index (χ0n) is 9.06. The number of sulfone groups is 1. The third kappa shape index (κ3) is 3.27. The van der Waals surface area contributed by atoms with Gasteiger partial charge in [0.05, 0.1) is 12.3 Å². The van der Waals surface area contributed by atoms with Crippen molar-refractivity contribution in [1.82, 2.24) is 4.98 Å². The van der Waals surface area contributed by atoms with Crippen LogP contribution in [0.1, 0.15) is 22.5 Å². The highest BCUT2D eigenvalue weighted by Crippen LogP contribution is 2.20. The molecule has 0 aliphatic heterocycles. The molecule has 0 bridgehead atoms. The number of rotatable bonds is 5. The predicted octanol–water partition coefficient (Wildman–Crippen LogP) is 1.10. The lowest BCUT2D eigenvalue weighted by Gasteiger charge is -1.96. The maximum absolute atomic E-state index is 11.4. The Morgan fingerprint density at radius 1 is 1.56 bits per heavy atom. The van der Waals surface area contributed by atoms with Gasteiger partial charge in [0.15, 0.2) is 9.84 Å². The van der Waals surface area contributed by atoms with Crippen LogP contribution in [0.4, 0.5) is 0 Å². The molecular weight excluding hydrogens is 248 g/mol. The van der Waals surface area contributed by atoms with Crippen LogP contribution in [0, 0.1) is 11.3 Å². The number of nitrogens with zero attached hydrogens (tertiary/aromatic N) is 2. The lowest BCUT2D eigenvalue weighted by atomic mass is 10.4. The van der Waals surface area contributed by atoms with Gasteiger partial charge in [0.2, 0.25) is 0 Å². The maximum atomic E-state index is 11.4. The second-order valence-electron chi connectivity index (χ2n) is 3.10. The highest BCUT2D eigenvalue weighted by Gasteiger charge is 2.16. The van der Waals surface area contributed by atoms with Crippen LogP contribution in [0.25, 0.3) is 0 Å². The van der Waals surface area contributed by atoms with Crippen LogP contribution in [0.3, 0.4) is 0 Å². The molecule has 16 heavy (non-hydrogen) atoms. The van der Waals surface area contributed by atoms with Gasteiger partial charge in [-0.05, 0) is 0 Å². The van der Waals surface area contributed by atoms with E-state index in [0.29, 0.717) is 15.6 Å². The molecule has 0 N–H and O–H groups in total. The minimum Gasteiger partial charge on any atom is -0.378 e. The topological polar surface area (TPSA) is 80.1 Å². The minimum absolute atomic E-state index is 0.0775. The SMILES string of the molecule is CCS(=O)(=O)Cc1nc(COC)c(C#N)s1. The van der Waals surface area contributed by atoms with Gasteiger partial charge >= 0.3 is 0 Å². The molecule has 0 aliphatic carbocycles. The van der Waals surface area contributed by atoms with Crippen molar-refractivity contribution in [3.63, 3.8) is 0 Å². The van der Waals surface area contributed by atoms with E-state index in [-0.39, 0.29) is 18.1 Å². The van der Waals surface area contributed by atoms with Crippen LogP contribution in [0.5, 0.6) is 0 Å². The van der Waals surface area contributed by atoms with E-state index in [4.69, 9.17) is 10.00 Å². The van der Waals surface area contributed by atoms with Crippen LogP contribution in [-0.2, 0) is 26.9 Å². The number of aromatic nitrogens is 1. The second-order valence-corrected chi connectivity index (χ2v) is 6.54. The molecule has 1 aromatic heterocycles. The van der Waals surface area contributed by atoms with Gasteiger partial charge in [-0.15, -0.1) is 11.3 Å². The Balaban J connectivity index is 2.96. The first-order valence-electron chi connectivity index (χ1n) is 4.60. The fourth-order valence-electron chi connectivity index (χ4n) is 1.07. The van der Waals surface area contributed by atoms with Crippen molar-refractivity contribution in [2.75, 3.05) is 12.9 Å². The van der Waals surface area contributed by atoms with E-state index >= 15 is 0 Å². The maximum Gasteiger partial charge on any atom is 0.156 e. The molecule has 1 rings (SSSR count). The summed E-state index contributed by atoms with van der Waals surface area (Å²) in [5, 5.41) is 9.28. The molecule has 0 saturated carbocycles. The van der Waals surface area contributed by atoms with Gasteiger partial charge < -0.3 is 4.74 Å². The molecule has 0 amide bonds. The molecule has 88 valence electrons. The van der Waals surface area contributed by atoms with E-state index in [1.807, 2.05) is 6.07 Å². The van der Waals surface area contributed by atoms with E-state index in [0.717, 1.165) is 11.3 Å². The summed E-state index contributed by atoms with van der Waals surface area (Å²) in [7, 11) is -1.60. The van der Waals surface area contributed by atoms with Gasteiger partial charge in [-0.1, -0.05) is 6.92 Å². The Morgan fingerprint density at radius 2 is 2.25 bits per heavy atom. The Kier molecular flexibility index (Phi) is 4.41. The average Bonchev–Trinajstić information content (AvgIpc) is 2.60. The number of hydrogen-bond acceptors (Lipinski definition) is 6. The first-order chi connectivity index (χ1) is 7.52. The summed E-state index contributed by atoms with van der Waals surface area (Å²) in [6, 6.07) is 1.99. The summed E-state index contributed by atoms with van der Waals surface area (Å²) in [5.41, 5.74) is 0.510. The molecule has 1 heterocycles. The molecule has 0 aromatic carbocycles. The number of methoxy groups -OCH3 is 1. The van der Waals surface area contributed by atoms with E-state index in [2.05, 4.69) is 4.98 Å². The molecule has 7 heteroatoms. The fourth-order valence-corrected chi connectivity index (χ4v) is 3.15. The van der Waals surface area contributed by atoms with Crippen molar-refractivity contribution in [2.45, 2.75) is 19.3 Å². The molecule has 5 nitrogen and oxygen atoms in total. The van der Waals surface area contributed by atoms with Crippen molar-refractivity contribution in [3.8, 4) is 6.07 Å². The molecule has 0 aliphatic rings. The number of hydrogen-bond donors (Lipinski definition) is 0. The summed E-state index contributed by atoms with van der Waals surface area (Å²) < 4.78 is 27.7. The molecule has 0 unspecified atom stereocenters. The largest absolute Gasteiger partial charge is 0.378 e. The molecular formula is C9H12N2O3S2. The number of thiazole rings is 1. The summed E-state index contributed by atoms with van der Waals surface area (Å²) in [5.74, 6) is -0.0271. The molecule has 0 spiro atoms. The average molecular weight is 260 g/mol. The van der Waals surface area contributed by atoms with Crippen LogP contribution in [0.15, 0.2) is 0 Å². The van der Waals surface area contributed by atoms with Gasteiger partial charge in [-0.3, -0.25) is 0 Å². The van der Waals surface area contributed by atoms with Gasteiger partial charge in [0, 0.05) is 12.9 Å². The Bertz CT molecular complexity index is 499. The summed E-state index contributed by atoms with van der Waals surface area (Å²) >= 11 is 1.11. The predicted molar refractivity (Wildman–Crippen MR) is 60.7 cm³/mol. The Labute approximate surface area is 98.6 Å². The smallest absolute Gasteiger partial charge is 0.156 e. The van der Waals surface area contributed by atoms with Gasteiger partial charge in [0.1, 0.15) is 21.7 Å². The van der Waals surface area contributed by atoms with E-state index < -0.39 is 9.84 Å². The summed E-state index contributed by atoms with van der Waals surface area (Å²) in [6.45, 7) is 1.82. The van der Waals surface area contributed by atoms with E-state index in [9.17, 15) is 8.42 Å². The Hall–Kier alpha value is -0.970. The van der Waals surface area contributed by atoms with Crippen molar-refractivity contribution in [2.24, 2.45) is 0 Å². The second kappa shape index (κ2) is 5.39.